The highest BCUT2D eigenvalue weighted by atomic mass is 32.2. The van der Waals surface area contributed by atoms with E-state index in [0.717, 1.165) is 27.4 Å². The van der Waals surface area contributed by atoms with E-state index in [-0.39, 0.29) is 12.8 Å². The highest BCUT2D eigenvalue weighted by molar-refractivity contribution is 7.93. The van der Waals surface area contributed by atoms with Crippen molar-refractivity contribution in [1.29, 1.82) is 0 Å². The average molecular weight is 424 g/mol. The molecule has 0 atom stereocenters. The molecule has 1 aliphatic rings. The summed E-state index contributed by atoms with van der Waals surface area (Å²) in [4.78, 5) is 12.2. The Morgan fingerprint density at radius 3 is 1.96 bits per heavy atom. The van der Waals surface area contributed by atoms with E-state index >= 15 is 0 Å². The predicted octanol–water partition coefficient (Wildman–Crippen LogP) is 2.17. The van der Waals surface area contributed by atoms with Crippen molar-refractivity contribution in [1.82, 2.24) is 0 Å². The third-order valence-electron chi connectivity index (χ3n) is 4.58. The summed E-state index contributed by atoms with van der Waals surface area (Å²) >= 11 is 0. The lowest BCUT2D eigenvalue weighted by molar-refractivity contribution is -0.153. The summed E-state index contributed by atoms with van der Waals surface area (Å²) in [5.74, 6) is -1.34. The van der Waals surface area contributed by atoms with Crippen molar-refractivity contribution in [2.24, 2.45) is 5.41 Å². The number of methoxy groups -OCH3 is 1. The summed E-state index contributed by atoms with van der Waals surface area (Å²) in [6, 6.07) is 0. The Bertz CT molecular complexity index is 718. The first kappa shape index (κ1) is 23.2. The lowest BCUT2D eigenvalue weighted by Gasteiger charge is -2.36. The quantitative estimate of drug-likeness (QED) is 0.350. The molecule has 0 aliphatic heterocycles. The molecule has 0 saturated heterocycles. The summed E-state index contributed by atoms with van der Waals surface area (Å²) in [5.41, 5.74) is -6.94. The van der Waals surface area contributed by atoms with Crippen LogP contribution in [-0.2, 0) is 33.7 Å². The second kappa shape index (κ2) is 7.63. The summed E-state index contributed by atoms with van der Waals surface area (Å²) in [6.07, 6.45) is 2.61. The van der Waals surface area contributed by atoms with Crippen molar-refractivity contribution < 1.29 is 43.7 Å². The Hall–Kier alpha value is -0.880. The van der Waals surface area contributed by atoms with E-state index in [1.807, 2.05) is 0 Å². The summed E-state index contributed by atoms with van der Waals surface area (Å²) in [6.45, 7) is 0.901. The van der Waals surface area contributed by atoms with Gasteiger partial charge >= 0.3 is 21.6 Å². The number of hydrogen-bond donors (Lipinski definition) is 0. The average Bonchev–Trinajstić information content (AvgIpc) is 2.51. The molecule has 12 heteroatoms. The Morgan fingerprint density at radius 1 is 1.04 bits per heavy atom. The first-order valence-electron chi connectivity index (χ1n) is 7.87. The molecule has 0 bridgehead atoms. The lowest BCUT2D eigenvalue weighted by Crippen LogP contribution is -2.48. The van der Waals surface area contributed by atoms with Gasteiger partial charge in [0.2, 0.25) is 0 Å². The van der Waals surface area contributed by atoms with Gasteiger partial charge in [-0.25, -0.2) is 8.42 Å². The van der Waals surface area contributed by atoms with Gasteiger partial charge in [-0.05, 0) is 26.7 Å². The van der Waals surface area contributed by atoms with Crippen LogP contribution in [0.5, 0.6) is 0 Å². The van der Waals surface area contributed by atoms with E-state index in [1.54, 1.807) is 0 Å². The zero-order chi connectivity index (χ0) is 20.4. The molecule has 154 valence electrons. The molecule has 1 rings (SSSR count). The van der Waals surface area contributed by atoms with Crippen LogP contribution in [0.15, 0.2) is 0 Å². The molecule has 0 amide bonds. The van der Waals surface area contributed by atoms with Gasteiger partial charge in [0.05, 0.1) is 29.6 Å². The van der Waals surface area contributed by atoms with Crippen molar-refractivity contribution in [2.45, 2.75) is 56.2 Å². The van der Waals surface area contributed by atoms with Gasteiger partial charge in [-0.2, -0.15) is 21.6 Å². The molecule has 0 aromatic rings. The Labute approximate surface area is 151 Å². The zero-order valence-corrected chi connectivity index (χ0v) is 16.4. The van der Waals surface area contributed by atoms with E-state index in [9.17, 15) is 34.8 Å². The van der Waals surface area contributed by atoms with Crippen LogP contribution in [0.4, 0.5) is 13.2 Å². The number of carbonyl (C=O) groups excluding carboxylic acids is 1. The molecular formula is C14H23F3O7S2. The number of ether oxygens (including phenoxy) is 1. The Balaban J connectivity index is 3.04. The maximum Gasteiger partial charge on any atom is 0.523 e. The third kappa shape index (κ3) is 4.89. The monoisotopic (exact) mass is 424 g/mol. The molecule has 7 nitrogen and oxygen atoms in total. The van der Waals surface area contributed by atoms with Crippen LogP contribution in [-0.4, -0.2) is 52.5 Å². The van der Waals surface area contributed by atoms with E-state index < -0.39 is 54.0 Å². The standard InChI is InChI=1S/C14H23F3O7S2/c1-12(2,9-24-26(21,22)14(15,16)17)25(19,20)10-13(11(18)23-3)7-5-4-6-8-13/h4-10H2,1-3H3. The molecule has 1 saturated carbocycles. The summed E-state index contributed by atoms with van der Waals surface area (Å²) < 4.78 is 91.3. The number of carbonyl (C=O) groups is 1. The van der Waals surface area contributed by atoms with Crippen LogP contribution in [0.2, 0.25) is 0 Å². The minimum absolute atomic E-state index is 0.274. The molecule has 0 aromatic heterocycles. The Morgan fingerprint density at radius 2 is 1.54 bits per heavy atom. The van der Waals surface area contributed by atoms with Crippen molar-refractivity contribution >= 4 is 25.9 Å². The first-order chi connectivity index (χ1) is 11.6. The highest BCUT2D eigenvalue weighted by Gasteiger charge is 2.51. The van der Waals surface area contributed by atoms with Crippen LogP contribution in [0.25, 0.3) is 0 Å². The Kier molecular flexibility index (Phi) is 6.79. The van der Waals surface area contributed by atoms with Crippen LogP contribution in [0.1, 0.15) is 46.0 Å². The van der Waals surface area contributed by atoms with Crippen molar-refractivity contribution in [3.63, 3.8) is 0 Å². The van der Waals surface area contributed by atoms with Gasteiger partial charge in [-0.3, -0.25) is 8.98 Å². The molecular weight excluding hydrogens is 401 g/mol. The van der Waals surface area contributed by atoms with Gasteiger partial charge in [-0.1, -0.05) is 19.3 Å². The predicted molar refractivity (Wildman–Crippen MR) is 86.3 cm³/mol. The molecule has 0 unspecified atom stereocenters. The topological polar surface area (TPSA) is 104 Å². The van der Waals surface area contributed by atoms with E-state index in [0.29, 0.717) is 12.8 Å². The van der Waals surface area contributed by atoms with Crippen LogP contribution >= 0.6 is 0 Å². The second-order valence-corrected chi connectivity index (χ2v) is 11.2. The maximum absolute atomic E-state index is 12.7. The molecule has 0 heterocycles. The van der Waals surface area contributed by atoms with Crippen LogP contribution in [0, 0.1) is 5.41 Å². The number of halogens is 3. The first-order valence-corrected chi connectivity index (χ1v) is 10.9. The normalized spacial score (nSPS) is 19.2. The van der Waals surface area contributed by atoms with Crippen molar-refractivity contribution in [3.05, 3.63) is 0 Å². The molecule has 1 fully saturated rings. The fourth-order valence-corrected chi connectivity index (χ4v) is 5.21. The smallest absolute Gasteiger partial charge is 0.469 e. The molecule has 1 aliphatic carbocycles. The SMILES string of the molecule is COC(=O)C1(CS(=O)(=O)C(C)(C)COS(=O)(=O)C(F)(F)F)CCCCC1. The number of sulfone groups is 1. The molecule has 0 aromatic carbocycles. The molecule has 0 spiro atoms. The van der Waals surface area contributed by atoms with Gasteiger partial charge in [-0.15, -0.1) is 0 Å². The van der Waals surface area contributed by atoms with E-state index in [4.69, 9.17) is 4.74 Å². The summed E-state index contributed by atoms with van der Waals surface area (Å²) in [5, 5.41) is 0. The van der Waals surface area contributed by atoms with E-state index in [2.05, 4.69) is 4.18 Å². The number of esters is 1. The fraction of sp³-hybridized carbons (Fsp3) is 0.929. The lowest BCUT2D eigenvalue weighted by atomic mass is 9.75. The highest BCUT2D eigenvalue weighted by Crippen LogP contribution is 2.41. The minimum atomic E-state index is -5.92. The number of rotatable bonds is 7. The number of hydrogen-bond acceptors (Lipinski definition) is 7. The van der Waals surface area contributed by atoms with Gasteiger partial charge in [0.25, 0.3) is 0 Å². The van der Waals surface area contributed by atoms with Crippen molar-refractivity contribution in [3.8, 4) is 0 Å². The molecule has 26 heavy (non-hydrogen) atoms. The second-order valence-electron chi connectivity index (χ2n) is 7.01. The molecule has 0 N–H and O–H groups in total. The van der Waals surface area contributed by atoms with Crippen LogP contribution < -0.4 is 0 Å². The minimum Gasteiger partial charge on any atom is -0.469 e. The number of alkyl halides is 3. The summed E-state index contributed by atoms with van der Waals surface area (Å²) in [7, 11) is -8.98. The maximum atomic E-state index is 12.7. The van der Waals surface area contributed by atoms with Crippen LogP contribution in [0.3, 0.4) is 0 Å². The fourth-order valence-electron chi connectivity index (χ4n) is 2.79. The van der Waals surface area contributed by atoms with Gasteiger partial charge < -0.3 is 4.74 Å². The largest absolute Gasteiger partial charge is 0.523 e. The zero-order valence-electron chi connectivity index (χ0n) is 14.8. The van der Waals surface area contributed by atoms with Crippen molar-refractivity contribution in [2.75, 3.05) is 19.5 Å². The van der Waals surface area contributed by atoms with Gasteiger partial charge in [0.15, 0.2) is 9.84 Å². The van der Waals surface area contributed by atoms with Gasteiger partial charge in [0, 0.05) is 0 Å². The van der Waals surface area contributed by atoms with Gasteiger partial charge in [0.1, 0.15) is 0 Å². The third-order valence-corrected chi connectivity index (χ3v) is 8.31. The molecule has 0 radical (unpaired) electrons. The van der Waals surface area contributed by atoms with E-state index in [1.165, 1.54) is 0 Å².